The van der Waals surface area contributed by atoms with Crippen molar-refractivity contribution < 1.29 is 26.2 Å². The van der Waals surface area contributed by atoms with Crippen LogP contribution < -0.4 is 0 Å². The van der Waals surface area contributed by atoms with Gasteiger partial charge in [-0.1, -0.05) is 75.1 Å². The van der Waals surface area contributed by atoms with Crippen molar-refractivity contribution in [3.63, 3.8) is 0 Å². The topological polar surface area (TPSA) is 0 Å². The Kier molecular flexibility index (Phi) is 12.6. The third kappa shape index (κ3) is 6.51. The van der Waals surface area contributed by atoms with Crippen molar-refractivity contribution >= 4 is 35.6 Å². The van der Waals surface area contributed by atoms with E-state index in [1.807, 2.05) is 6.07 Å². The van der Waals surface area contributed by atoms with Gasteiger partial charge in [-0.2, -0.15) is 11.6 Å². The van der Waals surface area contributed by atoms with Crippen LogP contribution >= 0.6 is 24.8 Å². The van der Waals surface area contributed by atoms with Crippen molar-refractivity contribution in [2.75, 3.05) is 0 Å². The van der Waals surface area contributed by atoms with Crippen LogP contribution in [0, 0.1) is 13.0 Å². The quantitative estimate of drug-likeness (QED) is 0.135. The first-order chi connectivity index (χ1) is 13.9. The summed E-state index contributed by atoms with van der Waals surface area (Å²) < 4.78 is 0. The normalized spacial score (nSPS) is 10.5. The summed E-state index contributed by atoms with van der Waals surface area (Å²) >= 11 is 0. The Balaban J connectivity index is 0.000000565. The van der Waals surface area contributed by atoms with E-state index in [0.29, 0.717) is 5.41 Å². The average Bonchev–Trinajstić information content (AvgIpc) is 3.33. The fourth-order valence-corrected chi connectivity index (χ4v) is 4.17. The maximum absolute atomic E-state index is 3.39. The molecule has 0 amide bonds. The molecule has 32 heavy (non-hydrogen) atoms. The predicted octanol–water partition coefficient (Wildman–Crippen LogP) is 8.87. The predicted molar refractivity (Wildman–Crippen MR) is 142 cm³/mol. The number of halogens is 2. The number of aryl methyl sites for hydroxylation is 1. The molecule has 1 aliphatic rings. The second-order valence-corrected chi connectivity index (χ2v) is 8.43. The molecule has 4 aromatic rings. The summed E-state index contributed by atoms with van der Waals surface area (Å²) in [6.45, 7) is 14.9. The molecule has 0 fully saturated rings. The number of fused-ring (bicyclic) bond motifs is 5. The van der Waals surface area contributed by atoms with Crippen molar-refractivity contribution in [1.29, 1.82) is 0 Å². The molecule has 0 aromatic heterocycles. The second kappa shape index (κ2) is 13.2. The minimum atomic E-state index is 0. The van der Waals surface area contributed by atoms with Crippen molar-refractivity contribution in [1.82, 2.24) is 0 Å². The van der Waals surface area contributed by atoms with E-state index in [1.54, 1.807) is 0 Å². The van der Waals surface area contributed by atoms with E-state index in [1.165, 1.54) is 44.2 Å². The molecule has 0 saturated carbocycles. The van der Waals surface area contributed by atoms with E-state index >= 15 is 0 Å². The van der Waals surface area contributed by atoms with Gasteiger partial charge in [0.2, 0.25) is 0 Å². The third-order valence-electron chi connectivity index (χ3n) is 5.46. The molecule has 4 aromatic carbocycles. The molecule has 0 aliphatic heterocycles. The zero-order chi connectivity index (χ0) is 21.0. The summed E-state index contributed by atoms with van der Waals surface area (Å²) in [7, 11) is 0. The molecule has 0 saturated heterocycles. The summed E-state index contributed by atoms with van der Waals surface area (Å²) in [5.74, 6) is 0. The minimum Gasteiger partial charge on any atom is -0.213 e. The molecule has 0 spiro atoms. The number of rotatable bonds is 0. The van der Waals surface area contributed by atoms with Crippen LogP contribution in [-0.4, -0.2) is 0 Å². The van der Waals surface area contributed by atoms with E-state index < -0.39 is 0 Å². The molecule has 1 aliphatic carbocycles. The molecule has 0 atom stereocenters. The molecule has 0 heterocycles. The third-order valence-corrected chi connectivity index (χ3v) is 5.46. The van der Waals surface area contributed by atoms with E-state index in [4.69, 9.17) is 0 Å². The van der Waals surface area contributed by atoms with Gasteiger partial charge in [-0.15, -0.1) is 84.1 Å². The van der Waals surface area contributed by atoms with E-state index in [2.05, 4.69) is 114 Å². The Morgan fingerprint density at radius 2 is 1.53 bits per heavy atom. The van der Waals surface area contributed by atoms with E-state index in [9.17, 15) is 0 Å². The molecule has 3 heteroatoms. The van der Waals surface area contributed by atoms with Gasteiger partial charge in [-0.3, -0.25) is 0 Å². The Labute approximate surface area is 225 Å². The van der Waals surface area contributed by atoms with Gasteiger partial charge >= 0.3 is 26.2 Å². The number of benzene rings is 3. The van der Waals surface area contributed by atoms with Crippen molar-refractivity contribution in [3.8, 4) is 11.1 Å². The van der Waals surface area contributed by atoms with Crippen molar-refractivity contribution in [2.24, 2.45) is 0 Å². The Hall–Kier alpha value is -1.53. The van der Waals surface area contributed by atoms with Crippen LogP contribution in [0.2, 0.25) is 0 Å². The summed E-state index contributed by atoms with van der Waals surface area (Å²) in [6.07, 6.45) is 1.04. The van der Waals surface area contributed by atoms with E-state index in [0.717, 1.165) is 6.42 Å². The molecular weight excluding hydrogens is 510 g/mol. The molecule has 0 unspecified atom stereocenters. The van der Waals surface area contributed by atoms with Gasteiger partial charge in [0.1, 0.15) is 0 Å². The molecule has 0 radical (unpaired) electrons. The maximum atomic E-state index is 3.39. The van der Waals surface area contributed by atoms with Gasteiger partial charge in [0.05, 0.1) is 0 Å². The average molecular weight is 543 g/mol. The second-order valence-electron chi connectivity index (χ2n) is 8.43. The molecule has 0 bridgehead atoms. The SMILES string of the molecule is C=C.Cc1ccc[c-]1C(C)(C)C.Cl.Cl.[Zr+2].[c-]1cccc2ccc3c(c12)Cc1ccccc1-3. The minimum absolute atomic E-state index is 0. The van der Waals surface area contributed by atoms with Crippen molar-refractivity contribution in [2.45, 2.75) is 39.5 Å². The smallest absolute Gasteiger partial charge is 0.213 e. The molecular formula is C29H32Cl2Zr. The van der Waals surface area contributed by atoms with Gasteiger partial charge in [-0.05, 0) is 17.5 Å². The first-order valence-corrected chi connectivity index (χ1v) is 10.2. The number of hydrogen-bond acceptors (Lipinski definition) is 0. The molecule has 5 rings (SSSR count). The van der Waals surface area contributed by atoms with Gasteiger partial charge in [0.15, 0.2) is 0 Å². The van der Waals surface area contributed by atoms with Crippen molar-refractivity contribution in [3.05, 3.63) is 114 Å². The van der Waals surface area contributed by atoms with Crippen LogP contribution in [0.1, 0.15) is 43.0 Å². The van der Waals surface area contributed by atoms with Crippen LogP contribution in [-0.2, 0) is 38.0 Å². The molecule has 166 valence electrons. The largest absolute Gasteiger partial charge is 2.00 e. The first-order valence-electron chi connectivity index (χ1n) is 10.2. The Morgan fingerprint density at radius 3 is 2.12 bits per heavy atom. The molecule has 0 N–H and O–H groups in total. The summed E-state index contributed by atoms with van der Waals surface area (Å²) in [5, 5.41) is 2.57. The number of hydrogen-bond donors (Lipinski definition) is 0. The summed E-state index contributed by atoms with van der Waals surface area (Å²) in [4.78, 5) is 0. The van der Waals surface area contributed by atoms with Crippen LogP contribution in [0.15, 0.2) is 86.0 Å². The zero-order valence-corrected chi connectivity index (χ0v) is 23.5. The van der Waals surface area contributed by atoms with Crippen LogP contribution in [0.4, 0.5) is 0 Å². The van der Waals surface area contributed by atoms with Gasteiger partial charge < -0.3 is 0 Å². The monoisotopic (exact) mass is 540 g/mol. The van der Waals surface area contributed by atoms with Gasteiger partial charge in [0.25, 0.3) is 0 Å². The Bertz CT molecular complexity index is 1120. The van der Waals surface area contributed by atoms with Gasteiger partial charge in [-0.25, -0.2) is 12.1 Å². The fourth-order valence-electron chi connectivity index (χ4n) is 4.17. The first kappa shape index (κ1) is 30.5. The van der Waals surface area contributed by atoms with Crippen LogP contribution in [0.3, 0.4) is 0 Å². The van der Waals surface area contributed by atoms with Crippen LogP contribution in [0.25, 0.3) is 21.9 Å². The Morgan fingerprint density at radius 1 is 0.844 bits per heavy atom. The standard InChI is InChI=1S/C17H11.C10H15.C2H4.2ClH.Zr/c1-3-7-14-12(5-1)9-10-16-15-8-4-2-6-13(15)11-17(14)16;1-8-6-5-7-9(8)10(2,3)4;1-2;;;/h1-6,8-10H,11H2;5-7H,1-4H3;1-2H2;2*1H;/q2*-1;;;;+2. The van der Waals surface area contributed by atoms with Crippen LogP contribution in [0.5, 0.6) is 0 Å². The van der Waals surface area contributed by atoms with E-state index in [-0.39, 0.29) is 51.0 Å². The zero-order valence-electron chi connectivity index (χ0n) is 19.4. The fraction of sp³-hybridized carbons (Fsp3) is 0.207. The summed E-state index contributed by atoms with van der Waals surface area (Å²) in [6, 6.07) is 29.2. The summed E-state index contributed by atoms with van der Waals surface area (Å²) in [5.41, 5.74) is 8.84. The molecule has 0 nitrogen and oxygen atoms in total. The van der Waals surface area contributed by atoms with Gasteiger partial charge in [0, 0.05) is 0 Å². The maximum Gasteiger partial charge on any atom is 2.00 e.